The third kappa shape index (κ3) is 1.53. The summed E-state index contributed by atoms with van der Waals surface area (Å²) in [6.45, 7) is 1.81. The quantitative estimate of drug-likeness (QED) is 0.786. The zero-order chi connectivity index (χ0) is 11.0. The van der Waals surface area contributed by atoms with Crippen molar-refractivity contribution in [2.75, 3.05) is 6.54 Å². The highest BCUT2D eigenvalue weighted by atomic mass is 16.1. The van der Waals surface area contributed by atoms with Crippen LogP contribution >= 0.6 is 0 Å². The second-order valence-corrected chi connectivity index (χ2v) is 4.21. The lowest BCUT2D eigenvalue weighted by Gasteiger charge is -2.12. The van der Waals surface area contributed by atoms with E-state index in [2.05, 4.69) is 10.4 Å². The molecule has 1 atom stereocenters. The van der Waals surface area contributed by atoms with Gasteiger partial charge in [0.1, 0.15) is 5.52 Å². The Morgan fingerprint density at radius 3 is 3.25 bits per heavy atom. The summed E-state index contributed by atoms with van der Waals surface area (Å²) in [5, 5.41) is 7.43. The van der Waals surface area contributed by atoms with Gasteiger partial charge in [0.2, 0.25) is 0 Å². The van der Waals surface area contributed by atoms with E-state index >= 15 is 0 Å². The molecular formula is C11H14N4O. The standard InChI is InChI=1S/C11H14N4O/c16-11-10-3-5-13-15(10)7-6-14(11)8-9-2-1-4-12-9/h3,5-7,9,12H,1-2,4,8H2/t9-/m1/s1. The first-order valence-corrected chi connectivity index (χ1v) is 5.61. The number of hydrogen-bond acceptors (Lipinski definition) is 3. The largest absolute Gasteiger partial charge is 0.312 e. The lowest BCUT2D eigenvalue weighted by atomic mass is 10.2. The average molecular weight is 218 g/mol. The number of aromatic nitrogens is 3. The van der Waals surface area contributed by atoms with Gasteiger partial charge in [-0.05, 0) is 25.5 Å². The van der Waals surface area contributed by atoms with Gasteiger partial charge in [0.25, 0.3) is 5.56 Å². The molecule has 0 aliphatic carbocycles. The molecule has 5 nitrogen and oxygen atoms in total. The molecule has 1 aliphatic rings. The predicted molar refractivity (Wildman–Crippen MR) is 60.5 cm³/mol. The molecule has 0 spiro atoms. The Labute approximate surface area is 92.7 Å². The van der Waals surface area contributed by atoms with Crippen molar-refractivity contribution in [1.29, 1.82) is 0 Å². The van der Waals surface area contributed by atoms with E-state index in [0.717, 1.165) is 19.5 Å². The van der Waals surface area contributed by atoms with Gasteiger partial charge in [-0.3, -0.25) is 4.79 Å². The van der Waals surface area contributed by atoms with Gasteiger partial charge >= 0.3 is 0 Å². The monoisotopic (exact) mass is 218 g/mol. The van der Waals surface area contributed by atoms with Gasteiger partial charge in [0.05, 0.1) is 6.20 Å². The Balaban J connectivity index is 1.96. The van der Waals surface area contributed by atoms with Crippen molar-refractivity contribution in [3.05, 3.63) is 35.0 Å². The number of nitrogens with zero attached hydrogens (tertiary/aromatic N) is 3. The molecule has 2 aromatic rings. The molecule has 1 aliphatic heterocycles. The summed E-state index contributed by atoms with van der Waals surface area (Å²) in [6, 6.07) is 2.18. The fraction of sp³-hybridized carbons (Fsp3) is 0.455. The maximum Gasteiger partial charge on any atom is 0.276 e. The van der Waals surface area contributed by atoms with E-state index in [1.807, 2.05) is 12.4 Å². The minimum absolute atomic E-state index is 0.0358. The summed E-state index contributed by atoms with van der Waals surface area (Å²) in [5.41, 5.74) is 0.675. The normalized spacial score (nSPS) is 20.6. The molecule has 84 valence electrons. The van der Waals surface area contributed by atoms with E-state index in [9.17, 15) is 4.79 Å². The van der Waals surface area contributed by atoms with Crippen LogP contribution in [0.2, 0.25) is 0 Å². The van der Waals surface area contributed by atoms with Crippen molar-refractivity contribution in [3.63, 3.8) is 0 Å². The zero-order valence-electron chi connectivity index (χ0n) is 8.97. The van der Waals surface area contributed by atoms with Gasteiger partial charge in [0, 0.05) is 25.0 Å². The third-order valence-electron chi connectivity index (χ3n) is 3.12. The smallest absolute Gasteiger partial charge is 0.276 e. The van der Waals surface area contributed by atoms with Crippen molar-refractivity contribution in [2.45, 2.75) is 25.4 Å². The van der Waals surface area contributed by atoms with Crippen molar-refractivity contribution < 1.29 is 0 Å². The first kappa shape index (κ1) is 9.59. The van der Waals surface area contributed by atoms with E-state index in [4.69, 9.17) is 0 Å². The Morgan fingerprint density at radius 1 is 1.50 bits per heavy atom. The molecule has 1 fully saturated rings. The fourth-order valence-electron chi connectivity index (χ4n) is 2.25. The van der Waals surface area contributed by atoms with Gasteiger partial charge in [-0.25, -0.2) is 4.52 Å². The molecule has 0 bridgehead atoms. The van der Waals surface area contributed by atoms with Gasteiger partial charge in [-0.2, -0.15) is 5.10 Å². The molecule has 0 amide bonds. The highest BCUT2D eigenvalue weighted by molar-refractivity contribution is 5.42. The van der Waals surface area contributed by atoms with Crippen LogP contribution in [0.25, 0.3) is 5.52 Å². The number of fused-ring (bicyclic) bond motifs is 1. The van der Waals surface area contributed by atoms with Crippen LogP contribution in [-0.2, 0) is 6.54 Å². The summed E-state index contributed by atoms with van der Waals surface area (Å²) in [7, 11) is 0. The van der Waals surface area contributed by atoms with E-state index in [1.165, 1.54) is 6.42 Å². The lowest BCUT2D eigenvalue weighted by molar-refractivity contribution is 0.498. The highest BCUT2D eigenvalue weighted by Crippen LogP contribution is 2.06. The average Bonchev–Trinajstić information content (AvgIpc) is 2.93. The lowest BCUT2D eigenvalue weighted by Crippen LogP contribution is -2.32. The summed E-state index contributed by atoms with van der Waals surface area (Å²) in [5.74, 6) is 0. The molecule has 1 saturated heterocycles. The molecule has 2 aromatic heterocycles. The number of hydrogen-bond donors (Lipinski definition) is 1. The SMILES string of the molecule is O=c1c2ccnn2ccn1C[C@H]1CCCN1. The van der Waals surface area contributed by atoms with Crippen LogP contribution in [0.3, 0.4) is 0 Å². The molecule has 3 rings (SSSR count). The Kier molecular flexibility index (Phi) is 2.25. The Morgan fingerprint density at radius 2 is 2.44 bits per heavy atom. The van der Waals surface area contributed by atoms with Crippen molar-refractivity contribution in [1.82, 2.24) is 19.5 Å². The number of rotatable bonds is 2. The van der Waals surface area contributed by atoms with Crippen LogP contribution < -0.4 is 10.9 Å². The van der Waals surface area contributed by atoms with Crippen molar-refractivity contribution >= 4 is 5.52 Å². The van der Waals surface area contributed by atoms with Crippen LogP contribution in [-0.4, -0.2) is 26.8 Å². The molecule has 0 saturated carbocycles. The number of nitrogens with one attached hydrogen (secondary N) is 1. The van der Waals surface area contributed by atoms with Gasteiger partial charge in [0.15, 0.2) is 0 Å². The molecule has 1 N–H and O–H groups in total. The van der Waals surface area contributed by atoms with E-state index < -0.39 is 0 Å². The van der Waals surface area contributed by atoms with Crippen molar-refractivity contribution in [2.24, 2.45) is 0 Å². The second kappa shape index (κ2) is 3.75. The highest BCUT2D eigenvalue weighted by Gasteiger charge is 2.15. The van der Waals surface area contributed by atoms with Crippen LogP contribution in [0.4, 0.5) is 0 Å². The van der Waals surface area contributed by atoms with Crippen LogP contribution in [0.15, 0.2) is 29.5 Å². The Hall–Kier alpha value is -1.62. The summed E-state index contributed by atoms with van der Waals surface area (Å²) < 4.78 is 3.38. The van der Waals surface area contributed by atoms with Gasteiger partial charge < -0.3 is 9.88 Å². The van der Waals surface area contributed by atoms with Crippen molar-refractivity contribution in [3.8, 4) is 0 Å². The van der Waals surface area contributed by atoms with Crippen LogP contribution in [0, 0.1) is 0 Å². The second-order valence-electron chi connectivity index (χ2n) is 4.21. The van der Waals surface area contributed by atoms with E-state index in [-0.39, 0.29) is 5.56 Å². The minimum Gasteiger partial charge on any atom is -0.312 e. The van der Waals surface area contributed by atoms with Gasteiger partial charge in [-0.15, -0.1) is 0 Å². The maximum absolute atomic E-state index is 12.1. The molecule has 16 heavy (non-hydrogen) atoms. The molecule has 0 unspecified atom stereocenters. The molecule has 0 radical (unpaired) electrons. The Bertz CT molecular complexity index is 550. The third-order valence-corrected chi connectivity index (χ3v) is 3.12. The van der Waals surface area contributed by atoms with Crippen LogP contribution in [0.1, 0.15) is 12.8 Å². The molecule has 0 aromatic carbocycles. The molecule has 5 heteroatoms. The minimum atomic E-state index is 0.0358. The van der Waals surface area contributed by atoms with E-state index in [1.54, 1.807) is 21.3 Å². The topological polar surface area (TPSA) is 51.3 Å². The predicted octanol–water partition coefficient (Wildman–Crippen LogP) is 0.248. The molecule has 3 heterocycles. The molecular weight excluding hydrogens is 204 g/mol. The summed E-state index contributed by atoms with van der Waals surface area (Å²) in [6.07, 6.45) is 7.63. The summed E-state index contributed by atoms with van der Waals surface area (Å²) >= 11 is 0. The van der Waals surface area contributed by atoms with Crippen LogP contribution in [0.5, 0.6) is 0 Å². The van der Waals surface area contributed by atoms with E-state index in [0.29, 0.717) is 11.6 Å². The first-order chi connectivity index (χ1) is 7.84. The van der Waals surface area contributed by atoms with Gasteiger partial charge in [-0.1, -0.05) is 0 Å². The zero-order valence-corrected chi connectivity index (χ0v) is 8.97. The maximum atomic E-state index is 12.1. The first-order valence-electron chi connectivity index (χ1n) is 5.61. The fourth-order valence-corrected chi connectivity index (χ4v) is 2.25. The summed E-state index contributed by atoms with van der Waals surface area (Å²) in [4.78, 5) is 12.1.